The van der Waals surface area contributed by atoms with Gasteiger partial charge in [0.2, 0.25) is 5.88 Å². The molecule has 0 radical (unpaired) electrons. The molecule has 1 N–H and O–H groups in total. The quantitative estimate of drug-likeness (QED) is 0.831. The van der Waals surface area contributed by atoms with E-state index >= 15 is 0 Å². The number of nitrogens with zero attached hydrogens (tertiary/aromatic N) is 2. The van der Waals surface area contributed by atoms with E-state index in [1.807, 2.05) is 13.8 Å². The van der Waals surface area contributed by atoms with Gasteiger partial charge < -0.3 is 10.1 Å². The molecule has 4 nitrogen and oxygen atoms in total. The first kappa shape index (κ1) is 14.3. The summed E-state index contributed by atoms with van der Waals surface area (Å²) in [6.07, 6.45) is 5.21. The molecular formula is C14H21N3O. The average molecular weight is 247 g/mol. The van der Waals surface area contributed by atoms with E-state index in [1.54, 1.807) is 0 Å². The van der Waals surface area contributed by atoms with Crippen LogP contribution in [-0.4, -0.2) is 23.1 Å². The molecule has 0 saturated carbocycles. The van der Waals surface area contributed by atoms with Crippen molar-refractivity contribution in [2.75, 3.05) is 18.5 Å². The van der Waals surface area contributed by atoms with Gasteiger partial charge in [-0.2, -0.15) is 4.98 Å². The number of nitrogens with one attached hydrogen (secondary N) is 1. The molecule has 0 amide bonds. The van der Waals surface area contributed by atoms with Crippen LogP contribution in [-0.2, 0) is 5.41 Å². The van der Waals surface area contributed by atoms with Crippen molar-refractivity contribution in [3.05, 3.63) is 11.4 Å². The van der Waals surface area contributed by atoms with E-state index in [1.165, 1.54) is 0 Å². The molecule has 4 heteroatoms. The number of hydrogen-bond donors (Lipinski definition) is 1. The lowest BCUT2D eigenvalue weighted by atomic mass is 9.95. The van der Waals surface area contributed by atoms with Gasteiger partial charge in [-0.15, -0.1) is 6.42 Å². The summed E-state index contributed by atoms with van der Waals surface area (Å²) in [5, 5.41) is 3.22. The maximum atomic E-state index is 5.48. The highest BCUT2D eigenvalue weighted by atomic mass is 16.5. The zero-order valence-corrected chi connectivity index (χ0v) is 11.8. The van der Waals surface area contributed by atoms with E-state index in [0.29, 0.717) is 5.88 Å². The van der Waals surface area contributed by atoms with Gasteiger partial charge in [0.15, 0.2) is 6.61 Å². The molecular weight excluding hydrogens is 226 g/mol. The smallest absolute Gasteiger partial charge is 0.222 e. The van der Waals surface area contributed by atoms with Crippen LogP contribution in [0, 0.1) is 19.3 Å². The molecule has 0 spiro atoms. The van der Waals surface area contributed by atoms with Crippen molar-refractivity contribution in [1.29, 1.82) is 0 Å². The third-order valence-corrected chi connectivity index (χ3v) is 2.41. The fourth-order valence-electron chi connectivity index (χ4n) is 1.42. The maximum Gasteiger partial charge on any atom is 0.222 e. The predicted octanol–water partition coefficient (Wildman–Crippen LogP) is 2.53. The van der Waals surface area contributed by atoms with Crippen LogP contribution in [0.25, 0.3) is 0 Å². The Kier molecular flexibility index (Phi) is 4.55. The fraction of sp³-hybridized carbons (Fsp3) is 0.571. The van der Waals surface area contributed by atoms with E-state index in [4.69, 9.17) is 11.2 Å². The third-order valence-electron chi connectivity index (χ3n) is 2.41. The van der Waals surface area contributed by atoms with Crippen LogP contribution in [0.2, 0.25) is 0 Å². The second kappa shape index (κ2) is 5.72. The second-order valence-electron chi connectivity index (χ2n) is 5.10. The molecule has 0 saturated heterocycles. The fourth-order valence-corrected chi connectivity index (χ4v) is 1.42. The average Bonchev–Trinajstić information content (AvgIpc) is 2.29. The zero-order valence-electron chi connectivity index (χ0n) is 11.8. The molecule has 0 aliphatic heterocycles. The van der Waals surface area contributed by atoms with Crippen LogP contribution in [0.4, 0.5) is 5.82 Å². The van der Waals surface area contributed by atoms with E-state index in [2.05, 4.69) is 42.0 Å². The first-order chi connectivity index (χ1) is 8.40. The number of aromatic nitrogens is 2. The van der Waals surface area contributed by atoms with Gasteiger partial charge in [-0.3, -0.25) is 0 Å². The summed E-state index contributed by atoms with van der Waals surface area (Å²) >= 11 is 0. The number of hydrogen-bond acceptors (Lipinski definition) is 4. The Hall–Kier alpha value is -1.76. The zero-order chi connectivity index (χ0) is 13.8. The molecule has 0 unspecified atom stereocenters. The largest absolute Gasteiger partial charge is 0.464 e. The summed E-state index contributed by atoms with van der Waals surface area (Å²) in [5.74, 6) is 4.57. The summed E-state index contributed by atoms with van der Waals surface area (Å²) in [6.45, 7) is 11.2. The number of rotatable bonds is 4. The molecule has 0 aliphatic rings. The SMILES string of the molecule is C#CCOc1nc(C(C)(C)C)nc(NCC)c1C. The number of anilines is 1. The Bertz CT molecular complexity index is 455. The Labute approximate surface area is 109 Å². The highest BCUT2D eigenvalue weighted by Crippen LogP contribution is 2.27. The molecule has 0 atom stereocenters. The van der Waals surface area contributed by atoms with Crippen molar-refractivity contribution in [3.63, 3.8) is 0 Å². The van der Waals surface area contributed by atoms with Crippen molar-refractivity contribution < 1.29 is 4.74 Å². The van der Waals surface area contributed by atoms with Gasteiger partial charge in [0.25, 0.3) is 0 Å². The van der Waals surface area contributed by atoms with Crippen molar-refractivity contribution in [3.8, 4) is 18.2 Å². The van der Waals surface area contributed by atoms with Crippen LogP contribution < -0.4 is 10.1 Å². The lowest BCUT2D eigenvalue weighted by molar-refractivity contribution is 0.347. The first-order valence-electron chi connectivity index (χ1n) is 6.09. The summed E-state index contributed by atoms with van der Waals surface area (Å²) < 4.78 is 5.48. The predicted molar refractivity (Wildman–Crippen MR) is 74.0 cm³/mol. The van der Waals surface area contributed by atoms with Crippen molar-refractivity contribution in [2.45, 2.75) is 40.0 Å². The van der Waals surface area contributed by atoms with Gasteiger partial charge in [-0.1, -0.05) is 26.7 Å². The molecule has 1 rings (SSSR count). The molecule has 0 aliphatic carbocycles. The maximum absolute atomic E-state index is 5.48. The van der Waals surface area contributed by atoms with E-state index in [0.717, 1.165) is 23.8 Å². The topological polar surface area (TPSA) is 47.0 Å². The lowest BCUT2D eigenvalue weighted by Crippen LogP contribution is -2.19. The number of terminal acetylenes is 1. The summed E-state index contributed by atoms with van der Waals surface area (Å²) in [7, 11) is 0. The monoisotopic (exact) mass is 247 g/mol. The Morgan fingerprint density at radius 3 is 2.50 bits per heavy atom. The minimum Gasteiger partial charge on any atom is -0.464 e. The van der Waals surface area contributed by atoms with Crippen molar-refractivity contribution in [2.24, 2.45) is 0 Å². The molecule has 1 aromatic rings. The standard InChI is InChI=1S/C14H21N3O/c1-7-9-18-12-10(3)11(15-8-2)16-13(17-12)14(4,5)6/h1H,8-9H2,2-6H3,(H,15,16,17). The van der Waals surface area contributed by atoms with Gasteiger partial charge in [0, 0.05) is 12.0 Å². The second-order valence-corrected chi connectivity index (χ2v) is 5.10. The Morgan fingerprint density at radius 1 is 1.33 bits per heavy atom. The number of ether oxygens (including phenoxy) is 1. The first-order valence-corrected chi connectivity index (χ1v) is 6.09. The van der Waals surface area contributed by atoms with Gasteiger partial charge in [0.1, 0.15) is 11.6 Å². The van der Waals surface area contributed by atoms with Crippen molar-refractivity contribution >= 4 is 5.82 Å². The molecule has 0 bridgehead atoms. The molecule has 1 aromatic heterocycles. The van der Waals surface area contributed by atoms with E-state index in [9.17, 15) is 0 Å². The Morgan fingerprint density at radius 2 is 2.00 bits per heavy atom. The molecule has 0 fully saturated rings. The summed E-state index contributed by atoms with van der Waals surface area (Å²) in [6, 6.07) is 0. The lowest BCUT2D eigenvalue weighted by Gasteiger charge is -2.20. The Balaban J connectivity index is 3.24. The van der Waals surface area contributed by atoms with Gasteiger partial charge in [0.05, 0.1) is 5.56 Å². The van der Waals surface area contributed by atoms with E-state index in [-0.39, 0.29) is 12.0 Å². The minimum absolute atomic E-state index is 0.133. The van der Waals surface area contributed by atoms with Crippen LogP contribution in [0.5, 0.6) is 5.88 Å². The molecule has 0 aromatic carbocycles. The van der Waals surface area contributed by atoms with Crippen LogP contribution in [0.3, 0.4) is 0 Å². The molecule has 18 heavy (non-hydrogen) atoms. The van der Waals surface area contributed by atoms with Gasteiger partial charge in [-0.25, -0.2) is 4.98 Å². The van der Waals surface area contributed by atoms with Crippen molar-refractivity contribution in [1.82, 2.24) is 9.97 Å². The summed E-state index contributed by atoms with van der Waals surface area (Å²) in [4.78, 5) is 9.00. The molecule has 1 heterocycles. The van der Waals surface area contributed by atoms with Gasteiger partial charge >= 0.3 is 0 Å². The van der Waals surface area contributed by atoms with Crippen LogP contribution >= 0.6 is 0 Å². The van der Waals surface area contributed by atoms with E-state index < -0.39 is 0 Å². The van der Waals surface area contributed by atoms with Crippen LogP contribution in [0.15, 0.2) is 0 Å². The highest BCUT2D eigenvalue weighted by molar-refractivity contribution is 5.49. The van der Waals surface area contributed by atoms with Gasteiger partial charge in [-0.05, 0) is 13.8 Å². The third kappa shape index (κ3) is 3.36. The highest BCUT2D eigenvalue weighted by Gasteiger charge is 2.21. The minimum atomic E-state index is -0.133. The molecule has 98 valence electrons. The van der Waals surface area contributed by atoms with Crippen LogP contribution in [0.1, 0.15) is 39.1 Å². The summed E-state index contributed by atoms with van der Waals surface area (Å²) in [5.41, 5.74) is 0.756. The normalized spacial score (nSPS) is 10.9.